The number of nitriles is 1. The van der Waals surface area contributed by atoms with Gasteiger partial charge in [0.05, 0.1) is 15.0 Å². The van der Waals surface area contributed by atoms with Crippen LogP contribution in [0.25, 0.3) is 0 Å². The van der Waals surface area contributed by atoms with Crippen LogP contribution in [0.15, 0.2) is 9.17 Å². The molecule has 0 aliphatic rings. The number of hydrogen-bond donors (Lipinski definition) is 1. The molecule has 1 aromatic heterocycles. The number of anilines is 1. The van der Waals surface area contributed by atoms with Gasteiger partial charge in [0.15, 0.2) is 0 Å². The quantitative estimate of drug-likeness (QED) is 0.700. The van der Waals surface area contributed by atoms with E-state index in [9.17, 15) is 0 Å². The van der Waals surface area contributed by atoms with Crippen LogP contribution in [0.3, 0.4) is 0 Å². The van der Waals surface area contributed by atoms with Crippen molar-refractivity contribution in [2.45, 2.75) is 0 Å². The van der Waals surface area contributed by atoms with E-state index in [1.807, 2.05) is 6.07 Å². The fourth-order valence-corrected chi connectivity index (χ4v) is 1.56. The summed E-state index contributed by atoms with van der Waals surface area (Å²) in [6.45, 7) is 0. The minimum Gasteiger partial charge on any atom is -0.396 e. The summed E-state index contributed by atoms with van der Waals surface area (Å²) in [7, 11) is 0. The molecule has 0 amide bonds. The molecule has 0 bridgehead atoms. The molecule has 0 unspecified atom stereocenters. The number of nitrogens with zero attached hydrogens (tertiary/aromatic N) is 1. The van der Waals surface area contributed by atoms with Crippen molar-refractivity contribution in [1.29, 1.82) is 5.26 Å². The van der Waals surface area contributed by atoms with Crippen molar-refractivity contribution in [2.24, 2.45) is 0 Å². The molecule has 0 spiro atoms. The van der Waals surface area contributed by atoms with Gasteiger partial charge in [-0.05, 0) is 15.9 Å². The van der Waals surface area contributed by atoms with Crippen molar-refractivity contribution in [3.8, 4) is 6.07 Å². The van der Waals surface area contributed by atoms with Gasteiger partial charge in [0.2, 0.25) is 0 Å². The third kappa shape index (κ3) is 1.07. The number of nitrogens with two attached hydrogens (primary N) is 1. The van der Waals surface area contributed by atoms with E-state index >= 15 is 0 Å². The van der Waals surface area contributed by atoms with Gasteiger partial charge in [0.25, 0.3) is 0 Å². The van der Waals surface area contributed by atoms with E-state index in [1.165, 1.54) is 11.3 Å². The largest absolute Gasteiger partial charge is 0.396 e. The fraction of sp³-hybridized carbons (Fsp3) is 0. The van der Waals surface area contributed by atoms with E-state index in [4.69, 9.17) is 11.0 Å². The second-order valence-corrected chi connectivity index (χ2v) is 3.65. The Morgan fingerprint density at radius 3 is 2.67 bits per heavy atom. The molecular weight excluding hydrogens is 200 g/mol. The topological polar surface area (TPSA) is 49.8 Å². The SMILES string of the molecule is N#Cc1csc(Br)c1N. The fourth-order valence-electron chi connectivity index (χ4n) is 0.430. The highest BCUT2D eigenvalue weighted by atomic mass is 79.9. The van der Waals surface area contributed by atoms with E-state index in [1.54, 1.807) is 5.38 Å². The van der Waals surface area contributed by atoms with Crippen LogP contribution in [-0.2, 0) is 0 Å². The third-order valence-corrected chi connectivity index (χ3v) is 2.67. The first-order chi connectivity index (χ1) is 4.25. The molecule has 0 aliphatic carbocycles. The molecule has 0 aromatic carbocycles. The van der Waals surface area contributed by atoms with E-state index in [2.05, 4.69) is 15.9 Å². The Bertz CT molecular complexity index is 260. The van der Waals surface area contributed by atoms with Crippen LogP contribution in [0, 0.1) is 11.3 Å². The van der Waals surface area contributed by atoms with Crippen molar-refractivity contribution < 1.29 is 0 Å². The summed E-state index contributed by atoms with van der Waals surface area (Å²) < 4.78 is 0.832. The highest BCUT2D eigenvalue weighted by Gasteiger charge is 2.02. The monoisotopic (exact) mass is 202 g/mol. The van der Waals surface area contributed by atoms with Crippen LogP contribution < -0.4 is 5.73 Å². The van der Waals surface area contributed by atoms with Crippen molar-refractivity contribution in [2.75, 3.05) is 5.73 Å². The van der Waals surface area contributed by atoms with Gasteiger partial charge in [-0.2, -0.15) is 5.26 Å². The Morgan fingerprint density at radius 1 is 1.78 bits per heavy atom. The molecular formula is C5H3BrN2S. The molecule has 46 valence electrons. The van der Waals surface area contributed by atoms with Gasteiger partial charge in [-0.25, -0.2) is 0 Å². The smallest absolute Gasteiger partial charge is 0.102 e. The van der Waals surface area contributed by atoms with Gasteiger partial charge in [-0.3, -0.25) is 0 Å². The number of rotatable bonds is 0. The van der Waals surface area contributed by atoms with Crippen LogP contribution in [-0.4, -0.2) is 0 Å². The average Bonchev–Trinajstić information content (AvgIpc) is 2.15. The Balaban J connectivity index is 3.24. The number of thiophene rings is 1. The second-order valence-electron chi connectivity index (χ2n) is 1.45. The summed E-state index contributed by atoms with van der Waals surface area (Å²) in [6.07, 6.45) is 0. The zero-order valence-electron chi connectivity index (χ0n) is 4.39. The lowest BCUT2D eigenvalue weighted by Gasteiger charge is -1.83. The molecule has 9 heavy (non-hydrogen) atoms. The van der Waals surface area contributed by atoms with Crippen LogP contribution in [0.2, 0.25) is 0 Å². The first-order valence-electron chi connectivity index (χ1n) is 2.18. The lowest BCUT2D eigenvalue weighted by molar-refractivity contribution is 1.51. The molecule has 0 saturated heterocycles. The molecule has 0 aliphatic heterocycles. The lowest BCUT2D eigenvalue weighted by atomic mass is 10.3. The highest BCUT2D eigenvalue weighted by Crippen LogP contribution is 2.29. The van der Waals surface area contributed by atoms with E-state index < -0.39 is 0 Å². The van der Waals surface area contributed by atoms with Gasteiger partial charge < -0.3 is 5.73 Å². The first-order valence-corrected chi connectivity index (χ1v) is 3.85. The molecule has 0 atom stereocenters. The Kier molecular flexibility index (Phi) is 1.74. The van der Waals surface area contributed by atoms with E-state index in [-0.39, 0.29) is 0 Å². The van der Waals surface area contributed by atoms with Crippen LogP contribution in [0.4, 0.5) is 5.69 Å². The third-order valence-electron chi connectivity index (χ3n) is 0.903. The number of halogens is 1. The molecule has 0 radical (unpaired) electrons. The van der Waals surface area contributed by atoms with Crippen molar-refractivity contribution in [1.82, 2.24) is 0 Å². The summed E-state index contributed by atoms with van der Waals surface area (Å²) in [4.78, 5) is 0. The van der Waals surface area contributed by atoms with E-state index in [0.717, 1.165) is 3.79 Å². The maximum atomic E-state index is 8.39. The molecule has 1 aromatic rings. The molecule has 1 heterocycles. The highest BCUT2D eigenvalue weighted by molar-refractivity contribution is 9.11. The number of hydrogen-bond acceptors (Lipinski definition) is 3. The van der Waals surface area contributed by atoms with E-state index in [0.29, 0.717) is 11.3 Å². The normalized spacial score (nSPS) is 8.89. The molecule has 2 N–H and O–H groups in total. The minimum atomic E-state index is 0.544. The second kappa shape index (κ2) is 2.38. The van der Waals surface area contributed by atoms with Gasteiger partial charge >= 0.3 is 0 Å². The summed E-state index contributed by atoms with van der Waals surface area (Å²) >= 11 is 4.62. The molecule has 0 fully saturated rings. The Labute approximate surface area is 65.0 Å². The van der Waals surface area contributed by atoms with Crippen molar-refractivity contribution >= 4 is 33.0 Å². The zero-order valence-corrected chi connectivity index (χ0v) is 6.79. The van der Waals surface area contributed by atoms with Crippen LogP contribution in [0.5, 0.6) is 0 Å². The zero-order chi connectivity index (χ0) is 6.85. The Hall–Kier alpha value is -0.530. The standard InChI is InChI=1S/C5H3BrN2S/c6-5-4(8)3(1-7)2-9-5/h2H,8H2. The van der Waals surface area contributed by atoms with Gasteiger partial charge in [-0.15, -0.1) is 11.3 Å². The number of nitrogen functional groups attached to an aromatic ring is 1. The first kappa shape index (κ1) is 6.59. The predicted molar refractivity (Wildman–Crippen MR) is 41.1 cm³/mol. The van der Waals surface area contributed by atoms with Crippen molar-refractivity contribution in [3.05, 3.63) is 14.7 Å². The van der Waals surface area contributed by atoms with Gasteiger partial charge in [0.1, 0.15) is 6.07 Å². The maximum absolute atomic E-state index is 8.39. The molecule has 4 heteroatoms. The Morgan fingerprint density at radius 2 is 2.44 bits per heavy atom. The van der Waals surface area contributed by atoms with Crippen molar-refractivity contribution in [3.63, 3.8) is 0 Å². The molecule has 1 rings (SSSR count). The lowest BCUT2D eigenvalue weighted by Crippen LogP contribution is -1.83. The van der Waals surface area contributed by atoms with Crippen LogP contribution >= 0.6 is 27.3 Å². The predicted octanol–water partition coefficient (Wildman–Crippen LogP) is 1.96. The summed E-state index contributed by atoms with van der Waals surface area (Å²) in [5, 5.41) is 10.1. The molecule has 2 nitrogen and oxygen atoms in total. The maximum Gasteiger partial charge on any atom is 0.102 e. The molecule has 0 saturated carbocycles. The summed E-state index contributed by atoms with van der Waals surface area (Å²) in [5.41, 5.74) is 6.55. The minimum absolute atomic E-state index is 0.544. The summed E-state index contributed by atoms with van der Waals surface area (Å²) in [6, 6.07) is 1.97. The average molecular weight is 203 g/mol. The van der Waals surface area contributed by atoms with Gasteiger partial charge in [0, 0.05) is 5.38 Å². The van der Waals surface area contributed by atoms with Gasteiger partial charge in [-0.1, -0.05) is 0 Å². The van der Waals surface area contributed by atoms with Crippen LogP contribution in [0.1, 0.15) is 5.56 Å². The summed E-state index contributed by atoms with van der Waals surface area (Å²) in [5.74, 6) is 0.